The van der Waals surface area contributed by atoms with Crippen LogP contribution in [0.5, 0.6) is 0 Å². The zero-order chi connectivity index (χ0) is 14.6. The van der Waals surface area contributed by atoms with Crippen molar-refractivity contribution in [3.63, 3.8) is 0 Å². The van der Waals surface area contributed by atoms with Gasteiger partial charge < -0.3 is 15.5 Å². The van der Waals surface area contributed by atoms with Crippen molar-refractivity contribution in [3.05, 3.63) is 11.6 Å². The molecule has 0 aliphatic heterocycles. The second-order valence-electron chi connectivity index (χ2n) is 4.34. The molecule has 0 aliphatic rings. The van der Waals surface area contributed by atoms with Crippen molar-refractivity contribution in [2.24, 2.45) is 0 Å². The van der Waals surface area contributed by atoms with E-state index in [2.05, 4.69) is 32.2 Å². The highest BCUT2D eigenvalue weighted by Gasteiger charge is 2.00. The van der Waals surface area contributed by atoms with E-state index in [1.807, 2.05) is 7.05 Å². The number of allylic oxidation sites excluding steroid dienone is 2. The fraction of sp³-hybridized carbons (Fsp3) is 0.692. The van der Waals surface area contributed by atoms with Crippen molar-refractivity contribution in [3.8, 4) is 0 Å². The molecule has 0 bridgehead atoms. The summed E-state index contributed by atoms with van der Waals surface area (Å²) in [6.45, 7) is 6.49. The predicted octanol–water partition coefficient (Wildman–Crippen LogP) is 2.28. The molecule has 106 valence electrons. The second kappa shape index (κ2) is 12.1. The van der Waals surface area contributed by atoms with Crippen molar-refractivity contribution in [1.82, 2.24) is 5.32 Å². The van der Waals surface area contributed by atoms with Crippen LogP contribution in [-0.4, -0.2) is 35.2 Å². The van der Waals surface area contributed by atoms with Crippen molar-refractivity contribution in [2.45, 2.75) is 52.5 Å². The van der Waals surface area contributed by atoms with Crippen LogP contribution in [0.25, 0.3) is 0 Å². The van der Waals surface area contributed by atoms with Gasteiger partial charge in [-0.3, -0.25) is 9.59 Å². The van der Waals surface area contributed by atoms with Gasteiger partial charge in [0.25, 0.3) is 0 Å². The summed E-state index contributed by atoms with van der Waals surface area (Å²) in [6.07, 6.45) is 4.13. The minimum absolute atomic E-state index is 0.296. The summed E-state index contributed by atoms with van der Waals surface area (Å²) in [5.74, 6) is -2.15. The van der Waals surface area contributed by atoms with Crippen LogP contribution in [0.3, 0.4) is 0 Å². The molecule has 1 unspecified atom stereocenters. The van der Waals surface area contributed by atoms with Crippen LogP contribution < -0.4 is 5.32 Å². The van der Waals surface area contributed by atoms with E-state index in [4.69, 9.17) is 10.2 Å². The first-order valence-corrected chi connectivity index (χ1v) is 6.03. The van der Waals surface area contributed by atoms with Crippen LogP contribution in [0, 0.1) is 0 Å². The van der Waals surface area contributed by atoms with Gasteiger partial charge in [-0.15, -0.1) is 0 Å². The fourth-order valence-corrected chi connectivity index (χ4v) is 0.980. The Balaban J connectivity index is 0. The molecule has 0 saturated carbocycles. The number of aliphatic carboxylic acids is 2. The van der Waals surface area contributed by atoms with E-state index >= 15 is 0 Å². The molecule has 0 fully saturated rings. The van der Waals surface area contributed by atoms with Gasteiger partial charge in [-0.2, -0.15) is 0 Å². The molecule has 0 saturated heterocycles. The van der Waals surface area contributed by atoms with Crippen LogP contribution in [0.4, 0.5) is 0 Å². The molecule has 0 rings (SSSR count). The van der Waals surface area contributed by atoms with Crippen molar-refractivity contribution in [2.75, 3.05) is 7.05 Å². The molecule has 0 aromatic heterocycles. The van der Waals surface area contributed by atoms with Crippen LogP contribution in [0.15, 0.2) is 11.6 Å². The van der Waals surface area contributed by atoms with E-state index < -0.39 is 11.9 Å². The second-order valence-corrected chi connectivity index (χ2v) is 4.34. The number of nitrogens with one attached hydrogen (secondary N) is 1. The molecule has 5 nitrogen and oxygen atoms in total. The Morgan fingerprint density at radius 2 is 1.61 bits per heavy atom. The Morgan fingerprint density at radius 1 is 1.17 bits per heavy atom. The van der Waals surface area contributed by atoms with E-state index in [0.29, 0.717) is 6.04 Å². The molecule has 0 amide bonds. The van der Waals surface area contributed by atoms with Crippen LogP contribution >= 0.6 is 0 Å². The lowest BCUT2D eigenvalue weighted by Crippen LogP contribution is -2.20. The molecule has 3 N–H and O–H groups in total. The van der Waals surface area contributed by atoms with E-state index in [1.54, 1.807) is 0 Å². The zero-order valence-electron chi connectivity index (χ0n) is 11.7. The molecule has 18 heavy (non-hydrogen) atoms. The highest BCUT2D eigenvalue weighted by molar-refractivity contribution is 5.75. The normalized spacial score (nSPS) is 10.9. The molecular formula is C13H25NO4. The predicted molar refractivity (Wildman–Crippen MR) is 71.7 cm³/mol. The molecule has 0 radical (unpaired) electrons. The van der Waals surface area contributed by atoms with E-state index in [-0.39, 0.29) is 12.8 Å². The number of hydrogen-bond donors (Lipinski definition) is 3. The average molecular weight is 259 g/mol. The lowest BCUT2D eigenvalue weighted by molar-refractivity contribution is -0.143. The van der Waals surface area contributed by atoms with Gasteiger partial charge in [0.05, 0.1) is 12.8 Å². The van der Waals surface area contributed by atoms with Crippen LogP contribution in [0.2, 0.25) is 0 Å². The lowest BCUT2D eigenvalue weighted by atomic mass is 10.1. The monoisotopic (exact) mass is 259 g/mol. The number of carboxylic acid groups (broad SMARTS) is 2. The third-order valence-corrected chi connectivity index (χ3v) is 2.20. The molecule has 5 heteroatoms. The summed E-state index contributed by atoms with van der Waals surface area (Å²) < 4.78 is 0. The maximum atomic E-state index is 9.64. The standard InChI is InChI=1S/C9H19N.C4H6O4/c1-8(2)6-5-7-9(3)10-4;5-3(6)1-2-4(7)8/h6,9-10H,5,7H2,1-4H3;1-2H2,(H,5,6)(H,7,8). The van der Waals surface area contributed by atoms with Gasteiger partial charge in [0.15, 0.2) is 0 Å². The quantitative estimate of drug-likeness (QED) is 0.611. The summed E-state index contributed by atoms with van der Waals surface area (Å²) in [4.78, 5) is 19.3. The van der Waals surface area contributed by atoms with Gasteiger partial charge >= 0.3 is 11.9 Å². The van der Waals surface area contributed by atoms with Gasteiger partial charge in [-0.1, -0.05) is 11.6 Å². The summed E-state index contributed by atoms with van der Waals surface area (Å²) in [5.41, 5.74) is 1.42. The van der Waals surface area contributed by atoms with E-state index in [0.717, 1.165) is 0 Å². The number of carboxylic acids is 2. The molecule has 0 aliphatic carbocycles. The molecule has 0 spiro atoms. The first-order chi connectivity index (χ1) is 8.29. The summed E-state index contributed by atoms with van der Waals surface area (Å²) in [6, 6.07) is 0.649. The van der Waals surface area contributed by atoms with E-state index in [9.17, 15) is 9.59 Å². The Hall–Kier alpha value is -1.36. The number of rotatable bonds is 7. The lowest BCUT2D eigenvalue weighted by Gasteiger charge is -2.06. The smallest absolute Gasteiger partial charge is 0.303 e. The van der Waals surface area contributed by atoms with Gasteiger partial charge in [-0.05, 0) is 40.7 Å². The summed E-state index contributed by atoms with van der Waals surface area (Å²) in [7, 11) is 2.01. The number of hydrogen-bond acceptors (Lipinski definition) is 3. The molecule has 0 aromatic carbocycles. The van der Waals surface area contributed by atoms with E-state index in [1.165, 1.54) is 18.4 Å². The minimum atomic E-state index is -1.08. The van der Waals surface area contributed by atoms with Crippen molar-refractivity contribution >= 4 is 11.9 Å². The largest absolute Gasteiger partial charge is 0.481 e. The van der Waals surface area contributed by atoms with Crippen molar-refractivity contribution < 1.29 is 19.8 Å². The summed E-state index contributed by atoms with van der Waals surface area (Å²) in [5, 5.41) is 19.0. The van der Waals surface area contributed by atoms with Gasteiger partial charge in [-0.25, -0.2) is 0 Å². The molecule has 1 atom stereocenters. The van der Waals surface area contributed by atoms with Gasteiger partial charge in [0, 0.05) is 6.04 Å². The highest BCUT2D eigenvalue weighted by Crippen LogP contribution is 1.99. The Kier molecular flexibility index (Phi) is 12.8. The first-order valence-electron chi connectivity index (χ1n) is 6.03. The highest BCUT2D eigenvalue weighted by atomic mass is 16.4. The zero-order valence-corrected chi connectivity index (χ0v) is 11.7. The topological polar surface area (TPSA) is 86.6 Å². The Morgan fingerprint density at radius 3 is 1.89 bits per heavy atom. The minimum Gasteiger partial charge on any atom is -0.481 e. The summed E-state index contributed by atoms with van der Waals surface area (Å²) >= 11 is 0. The number of carbonyl (C=O) groups is 2. The van der Waals surface area contributed by atoms with Crippen LogP contribution in [0.1, 0.15) is 46.5 Å². The van der Waals surface area contributed by atoms with Gasteiger partial charge in [0.2, 0.25) is 0 Å². The van der Waals surface area contributed by atoms with Gasteiger partial charge in [0.1, 0.15) is 0 Å². The van der Waals surface area contributed by atoms with Crippen molar-refractivity contribution in [1.29, 1.82) is 0 Å². The fourth-order valence-electron chi connectivity index (χ4n) is 0.980. The molecule has 0 aromatic rings. The maximum absolute atomic E-state index is 9.64. The Labute approximate surface area is 109 Å². The molecular weight excluding hydrogens is 234 g/mol. The third-order valence-electron chi connectivity index (χ3n) is 2.20. The average Bonchev–Trinajstić information content (AvgIpc) is 2.26. The Bertz CT molecular complexity index is 256. The molecule has 0 heterocycles. The third kappa shape index (κ3) is 20.1. The first kappa shape index (κ1) is 19.0. The SMILES string of the molecule is CNC(C)CCC=C(C)C.O=C(O)CCC(=O)O. The maximum Gasteiger partial charge on any atom is 0.303 e. The van der Waals surface area contributed by atoms with Crippen LogP contribution in [-0.2, 0) is 9.59 Å².